The maximum atomic E-state index is 11.1. The van der Waals surface area contributed by atoms with Crippen molar-refractivity contribution in [2.45, 2.75) is 12.8 Å². The number of rotatable bonds is 5. The van der Waals surface area contributed by atoms with Gasteiger partial charge in [-0.3, -0.25) is 15.0 Å². The standard InChI is InChI=1S/C30H28N2O3/c1-35-29-21-22(12-15-28(29)32(33)34)7-6-18-31-19-16-25(17-20-31)30-26-10-4-2-8-23(26)13-14-24-9-3-5-11-27(24)30/h2-15,21H,16-20H2,1H3/b7-6+. The Morgan fingerprint density at radius 2 is 1.57 bits per heavy atom. The summed E-state index contributed by atoms with van der Waals surface area (Å²) in [7, 11) is 1.46. The van der Waals surface area contributed by atoms with Crippen molar-refractivity contribution in [1.29, 1.82) is 0 Å². The molecule has 1 aliphatic carbocycles. The van der Waals surface area contributed by atoms with Crippen LogP contribution in [0.1, 0.15) is 40.7 Å². The Kier molecular flexibility index (Phi) is 6.59. The van der Waals surface area contributed by atoms with Gasteiger partial charge in [0.25, 0.3) is 0 Å². The molecule has 1 saturated heterocycles. The Morgan fingerprint density at radius 3 is 2.17 bits per heavy atom. The molecule has 0 unspecified atom stereocenters. The van der Waals surface area contributed by atoms with Crippen molar-refractivity contribution in [3.05, 3.63) is 116 Å². The first-order valence-corrected chi connectivity index (χ1v) is 11.9. The molecule has 1 aliphatic heterocycles. The average Bonchev–Trinajstić information content (AvgIpc) is 3.06. The molecule has 5 rings (SSSR count). The number of hydrogen-bond acceptors (Lipinski definition) is 4. The van der Waals surface area contributed by atoms with Gasteiger partial charge in [0, 0.05) is 25.7 Å². The van der Waals surface area contributed by atoms with Gasteiger partial charge in [0.05, 0.1) is 12.0 Å². The fraction of sp³-hybridized carbons (Fsp3) is 0.200. The van der Waals surface area contributed by atoms with Gasteiger partial charge < -0.3 is 4.74 Å². The van der Waals surface area contributed by atoms with Crippen molar-refractivity contribution < 1.29 is 9.66 Å². The molecular formula is C30H28N2O3. The van der Waals surface area contributed by atoms with E-state index in [0.717, 1.165) is 38.0 Å². The van der Waals surface area contributed by atoms with Crippen molar-refractivity contribution in [3.8, 4) is 5.75 Å². The number of ether oxygens (including phenoxy) is 1. The minimum atomic E-state index is -0.423. The van der Waals surface area contributed by atoms with E-state index >= 15 is 0 Å². The lowest BCUT2D eigenvalue weighted by Crippen LogP contribution is -2.31. The van der Waals surface area contributed by atoms with Crippen LogP contribution in [0.15, 0.2) is 78.4 Å². The van der Waals surface area contributed by atoms with Crippen LogP contribution in [0.25, 0.3) is 23.8 Å². The number of nitro benzene ring substituents is 1. The van der Waals surface area contributed by atoms with E-state index in [2.05, 4.69) is 71.7 Å². The fourth-order valence-corrected chi connectivity index (χ4v) is 4.99. The Hall–Kier alpha value is -3.96. The lowest BCUT2D eigenvalue weighted by Gasteiger charge is -2.29. The van der Waals surface area contributed by atoms with Gasteiger partial charge in [-0.1, -0.05) is 78.4 Å². The van der Waals surface area contributed by atoms with Crippen molar-refractivity contribution >= 4 is 29.5 Å². The highest BCUT2D eigenvalue weighted by Gasteiger charge is 2.22. The molecule has 0 saturated carbocycles. The largest absolute Gasteiger partial charge is 0.490 e. The molecular weight excluding hydrogens is 436 g/mol. The maximum Gasteiger partial charge on any atom is 0.310 e. The molecule has 5 heteroatoms. The molecule has 2 aliphatic rings. The number of nitro groups is 1. The second-order valence-corrected chi connectivity index (χ2v) is 8.88. The van der Waals surface area contributed by atoms with Gasteiger partial charge in [-0.15, -0.1) is 0 Å². The van der Waals surface area contributed by atoms with Crippen LogP contribution >= 0.6 is 0 Å². The van der Waals surface area contributed by atoms with Crippen LogP contribution in [0.4, 0.5) is 5.69 Å². The molecule has 3 aromatic carbocycles. The predicted octanol–water partition coefficient (Wildman–Crippen LogP) is 6.70. The topological polar surface area (TPSA) is 55.6 Å². The molecule has 0 atom stereocenters. The summed E-state index contributed by atoms with van der Waals surface area (Å²) in [5.74, 6) is 0.282. The molecule has 0 radical (unpaired) electrons. The Morgan fingerprint density at radius 1 is 0.943 bits per heavy atom. The van der Waals surface area contributed by atoms with E-state index in [1.54, 1.807) is 12.1 Å². The first-order chi connectivity index (χ1) is 17.1. The highest BCUT2D eigenvalue weighted by Crippen LogP contribution is 2.38. The van der Waals surface area contributed by atoms with Gasteiger partial charge >= 0.3 is 5.69 Å². The number of methoxy groups -OCH3 is 1. The summed E-state index contributed by atoms with van der Waals surface area (Å²) in [6, 6.07) is 22.3. The van der Waals surface area contributed by atoms with Crippen molar-refractivity contribution in [2.75, 3.05) is 26.7 Å². The van der Waals surface area contributed by atoms with Crippen LogP contribution in [-0.2, 0) is 0 Å². The van der Waals surface area contributed by atoms with Crippen molar-refractivity contribution in [1.82, 2.24) is 4.90 Å². The molecule has 0 N–H and O–H groups in total. The molecule has 0 spiro atoms. The molecule has 35 heavy (non-hydrogen) atoms. The lowest BCUT2D eigenvalue weighted by atomic mass is 9.86. The van der Waals surface area contributed by atoms with Gasteiger partial charge in [0.2, 0.25) is 0 Å². The zero-order valence-corrected chi connectivity index (χ0v) is 19.8. The van der Waals surface area contributed by atoms with Crippen LogP contribution in [0.3, 0.4) is 0 Å². The smallest absolute Gasteiger partial charge is 0.310 e. The highest BCUT2D eigenvalue weighted by atomic mass is 16.6. The summed E-state index contributed by atoms with van der Waals surface area (Å²) < 4.78 is 5.18. The normalized spacial score (nSPS) is 15.6. The van der Waals surface area contributed by atoms with E-state index in [9.17, 15) is 10.1 Å². The number of piperidine rings is 1. The second kappa shape index (κ2) is 10.1. The molecule has 176 valence electrons. The van der Waals surface area contributed by atoms with Crippen LogP contribution in [0, 0.1) is 10.1 Å². The summed E-state index contributed by atoms with van der Waals surface area (Å²) in [6.07, 6.45) is 10.7. The van der Waals surface area contributed by atoms with Crippen LogP contribution in [0.2, 0.25) is 0 Å². The quantitative estimate of drug-likeness (QED) is 0.244. The Bertz CT molecular complexity index is 1290. The van der Waals surface area contributed by atoms with Gasteiger partial charge in [-0.25, -0.2) is 0 Å². The molecule has 1 heterocycles. The maximum absolute atomic E-state index is 11.1. The molecule has 0 bridgehead atoms. The second-order valence-electron chi connectivity index (χ2n) is 8.88. The van der Waals surface area contributed by atoms with Gasteiger partial charge in [0.15, 0.2) is 5.75 Å². The molecule has 1 fully saturated rings. The summed E-state index contributed by atoms with van der Waals surface area (Å²) in [5.41, 5.74) is 8.99. The molecule has 3 aromatic rings. The van der Waals surface area contributed by atoms with Gasteiger partial charge in [-0.2, -0.15) is 0 Å². The van der Waals surface area contributed by atoms with E-state index in [1.165, 1.54) is 46.6 Å². The first-order valence-electron chi connectivity index (χ1n) is 11.9. The van der Waals surface area contributed by atoms with E-state index in [-0.39, 0.29) is 11.4 Å². The number of hydrogen-bond donors (Lipinski definition) is 0. The highest BCUT2D eigenvalue weighted by molar-refractivity contribution is 5.94. The summed E-state index contributed by atoms with van der Waals surface area (Å²) in [6.45, 7) is 2.85. The van der Waals surface area contributed by atoms with Crippen LogP contribution < -0.4 is 4.74 Å². The third-order valence-electron chi connectivity index (χ3n) is 6.79. The fourth-order valence-electron chi connectivity index (χ4n) is 4.99. The monoisotopic (exact) mass is 464 g/mol. The third kappa shape index (κ3) is 4.81. The minimum Gasteiger partial charge on any atom is -0.490 e. The molecule has 0 aromatic heterocycles. The number of fused-ring (bicyclic) bond motifs is 2. The Balaban J connectivity index is 1.32. The molecule has 5 nitrogen and oxygen atoms in total. The number of likely N-dealkylation sites (tertiary alicyclic amines) is 1. The Labute approximate surface area is 205 Å². The van der Waals surface area contributed by atoms with Crippen LogP contribution in [-0.4, -0.2) is 36.6 Å². The summed E-state index contributed by atoms with van der Waals surface area (Å²) in [4.78, 5) is 13.1. The lowest BCUT2D eigenvalue weighted by molar-refractivity contribution is -0.385. The predicted molar refractivity (Wildman–Crippen MR) is 142 cm³/mol. The zero-order valence-electron chi connectivity index (χ0n) is 19.8. The van der Waals surface area contributed by atoms with E-state index in [4.69, 9.17) is 4.74 Å². The summed E-state index contributed by atoms with van der Waals surface area (Å²) >= 11 is 0. The first kappa shape index (κ1) is 22.8. The molecule has 0 amide bonds. The summed E-state index contributed by atoms with van der Waals surface area (Å²) in [5, 5.41) is 11.1. The SMILES string of the molecule is COc1cc(/C=C/CN2CCC(=C3c4ccccc4C=Cc4ccccc43)CC2)ccc1[N+](=O)[O-]. The van der Waals surface area contributed by atoms with Crippen molar-refractivity contribution in [2.24, 2.45) is 0 Å². The van der Waals surface area contributed by atoms with Crippen molar-refractivity contribution in [3.63, 3.8) is 0 Å². The third-order valence-corrected chi connectivity index (χ3v) is 6.79. The van der Waals surface area contributed by atoms with Gasteiger partial charge in [-0.05, 0) is 58.4 Å². The van der Waals surface area contributed by atoms with E-state index in [0.29, 0.717) is 0 Å². The zero-order chi connectivity index (χ0) is 24.2. The van der Waals surface area contributed by atoms with E-state index < -0.39 is 4.92 Å². The minimum absolute atomic E-state index is 0.0156. The number of benzene rings is 3. The van der Waals surface area contributed by atoms with Crippen LogP contribution in [0.5, 0.6) is 5.75 Å². The number of nitrogens with zero attached hydrogens (tertiary/aromatic N) is 2. The average molecular weight is 465 g/mol. The van der Waals surface area contributed by atoms with Gasteiger partial charge in [0.1, 0.15) is 0 Å². The van der Waals surface area contributed by atoms with E-state index in [1.807, 2.05) is 6.08 Å².